The van der Waals surface area contributed by atoms with Gasteiger partial charge < -0.3 is 5.32 Å². The Morgan fingerprint density at radius 3 is 2.58 bits per heavy atom. The molecule has 0 atom stereocenters. The van der Waals surface area contributed by atoms with Crippen molar-refractivity contribution < 1.29 is 4.79 Å². The van der Waals surface area contributed by atoms with Crippen LogP contribution in [0.3, 0.4) is 0 Å². The molecule has 0 aliphatic heterocycles. The lowest BCUT2D eigenvalue weighted by molar-refractivity contribution is -0.116. The molecule has 0 radical (unpaired) electrons. The molecule has 0 heterocycles. The van der Waals surface area contributed by atoms with Crippen LogP contribution >= 0.6 is 38.5 Å². The third-order valence-electron chi connectivity index (χ3n) is 2.63. The van der Waals surface area contributed by atoms with Crippen LogP contribution in [0.15, 0.2) is 53.0 Å². The fourth-order valence-corrected chi connectivity index (χ4v) is 3.34. The summed E-state index contributed by atoms with van der Waals surface area (Å²) >= 11 is 5.65. The molecule has 0 aliphatic carbocycles. The van der Waals surface area contributed by atoms with Crippen LogP contribution in [0.2, 0.25) is 0 Å². The van der Waals surface area contributed by atoms with Crippen molar-refractivity contribution in [2.24, 2.45) is 0 Å². The van der Waals surface area contributed by atoms with Gasteiger partial charge in [0.2, 0.25) is 5.91 Å². The van der Waals surface area contributed by atoms with Gasteiger partial charge in [0.1, 0.15) is 0 Å². The summed E-state index contributed by atoms with van der Waals surface area (Å²) in [6.45, 7) is 0. The van der Waals surface area contributed by atoms with E-state index in [1.165, 1.54) is 5.56 Å². The molecule has 0 unspecified atom stereocenters. The molecule has 2 aromatic carbocycles. The monoisotopic (exact) mass is 429 g/mol. The van der Waals surface area contributed by atoms with Crippen LogP contribution < -0.4 is 5.32 Å². The van der Waals surface area contributed by atoms with Gasteiger partial charge in [-0.3, -0.25) is 4.79 Å². The minimum absolute atomic E-state index is 0.0396. The van der Waals surface area contributed by atoms with Gasteiger partial charge in [-0.25, -0.2) is 0 Å². The highest BCUT2D eigenvalue weighted by molar-refractivity contribution is 14.1. The number of carbonyl (C=O) groups is 1. The molecule has 0 saturated heterocycles. The third kappa shape index (κ3) is 4.95. The molecule has 0 aliphatic rings. The zero-order valence-corrected chi connectivity index (χ0v) is 13.9. The zero-order chi connectivity index (χ0) is 13.7. The van der Waals surface area contributed by atoms with Crippen LogP contribution in [0.4, 0.5) is 5.69 Å². The maximum atomic E-state index is 11.9. The van der Waals surface area contributed by atoms with Crippen LogP contribution in [0.1, 0.15) is 12.0 Å². The number of benzene rings is 2. The Bertz CT molecular complexity index is 551. The van der Waals surface area contributed by atoms with E-state index in [1.807, 2.05) is 48.5 Å². The molecule has 1 amide bonds. The van der Waals surface area contributed by atoms with Crippen molar-refractivity contribution in [3.63, 3.8) is 0 Å². The van der Waals surface area contributed by atoms with Gasteiger partial charge in [0.05, 0.1) is 0 Å². The maximum absolute atomic E-state index is 11.9. The van der Waals surface area contributed by atoms with Crippen molar-refractivity contribution in [3.05, 3.63) is 62.1 Å². The number of amides is 1. The van der Waals surface area contributed by atoms with Gasteiger partial charge in [-0.15, -0.1) is 0 Å². The molecule has 0 fully saturated rings. The highest BCUT2D eigenvalue weighted by Crippen LogP contribution is 2.21. The van der Waals surface area contributed by atoms with E-state index in [0.29, 0.717) is 6.42 Å². The highest BCUT2D eigenvalue weighted by atomic mass is 127. The van der Waals surface area contributed by atoms with Crippen LogP contribution in [-0.4, -0.2) is 5.91 Å². The first-order chi connectivity index (χ1) is 9.13. The molecule has 2 nitrogen and oxygen atoms in total. The van der Waals surface area contributed by atoms with E-state index < -0.39 is 0 Å². The van der Waals surface area contributed by atoms with Gasteiger partial charge >= 0.3 is 0 Å². The van der Waals surface area contributed by atoms with Gasteiger partial charge in [0.15, 0.2) is 0 Å². The Hall–Kier alpha value is -0.880. The second-order valence-corrected chi connectivity index (χ2v) is 6.35. The molecular formula is C15H13BrINO. The summed E-state index contributed by atoms with van der Waals surface area (Å²) in [5.74, 6) is 0.0396. The van der Waals surface area contributed by atoms with Gasteiger partial charge in [-0.05, 0) is 52.8 Å². The fourth-order valence-electron chi connectivity index (χ4n) is 1.75. The lowest BCUT2D eigenvalue weighted by Gasteiger charge is -2.06. The average molecular weight is 430 g/mol. The summed E-state index contributed by atoms with van der Waals surface area (Å²) in [4.78, 5) is 11.9. The zero-order valence-electron chi connectivity index (χ0n) is 10.2. The van der Waals surface area contributed by atoms with Crippen LogP contribution in [0, 0.1) is 3.57 Å². The maximum Gasteiger partial charge on any atom is 0.224 e. The van der Waals surface area contributed by atoms with Crippen LogP contribution in [0.5, 0.6) is 0 Å². The molecule has 2 aromatic rings. The lowest BCUT2D eigenvalue weighted by atomic mass is 10.1. The van der Waals surface area contributed by atoms with Crippen molar-refractivity contribution >= 4 is 50.1 Å². The second-order valence-electron chi connectivity index (χ2n) is 4.19. The molecule has 0 saturated carbocycles. The quantitative estimate of drug-likeness (QED) is 0.705. The number of halogens is 2. The number of nitrogens with one attached hydrogen (secondary N) is 1. The minimum Gasteiger partial charge on any atom is -0.326 e. The molecule has 2 rings (SSSR count). The summed E-state index contributed by atoms with van der Waals surface area (Å²) in [6, 6.07) is 15.9. The van der Waals surface area contributed by atoms with Crippen molar-refractivity contribution in [1.29, 1.82) is 0 Å². The van der Waals surface area contributed by atoms with Crippen molar-refractivity contribution in [2.75, 3.05) is 5.32 Å². The van der Waals surface area contributed by atoms with Crippen molar-refractivity contribution in [2.45, 2.75) is 12.8 Å². The normalized spacial score (nSPS) is 10.2. The van der Waals surface area contributed by atoms with Crippen LogP contribution in [-0.2, 0) is 11.2 Å². The SMILES string of the molecule is O=C(CCc1ccccc1)Nc1cc(Br)cc(I)c1. The molecule has 1 N–H and O–H groups in total. The second kappa shape index (κ2) is 7.05. The Morgan fingerprint density at radius 2 is 1.89 bits per heavy atom. The first-order valence-electron chi connectivity index (χ1n) is 5.93. The van der Waals surface area contributed by atoms with Crippen molar-refractivity contribution in [1.82, 2.24) is 0 Å². The minimum atomic E-state index is 0.0396. The molecule has 19 heavy (non-hydrogen) atoms. The van der Waals surface area contributed by atoms with E-state index in [4.69, 9.17) is 0 Å². The average Bonchev–Trinajstić information content (AvgIpc) is 2.36. The summed E-state index contributed by atoms with van der Waals surface area (Å²) in [5, 5.41) is 2.92. The summed E-state index contributed by atoms with van der Waals surface area (Å²) in [6.07, 6.45) is 1.25. The molecule has 0 aromatic heterocycles. The molecule has 0 spiro atoms. The van der Waals surface area contributed by atoms with Gasteiger partial charge in [0, 0.05) is 20.2 Å². The van der Waals surface area contributed by atoms with E-state index >= 15 is 0 Å². The smallest absolute Gasteiger partial charge is 0.224 e. The number of hydrogen-bond acceptors (Lipinski definition) is 1. The number of rotatable bonds is 4. The first kappa shape index (κ1) is 14.5. The summed E-state index contributed by atoms with van der Waals surface area (Å²) in [7, 11) is 0. The fraction of sp³-hybridized carbons (Fsp3) is 0.133. The summed E-state index contributed by atoms with van der Waals surface area (Å²) in [5.41, 5.74) is 2.01. The van der Waals surface area contributed by atoms with E-state index in [9.17, 15) is 4.79 Å². The predicted molar refractivity (Wildman–Crippen MR) is 90.3 cm³/mol. The number of anilines is 1. The Balaban J connectivity index is 1.91. The Morgan fingerprint density at radius 1 is 1.16 bits per heavy atom. The van der Waals surface area contributed by atoms with E-state index in [2.05, 4.69) is 43.8 Å². The van der Waals surface area contributed by atoms with E-state index in [-0.39, 0.29) is 5.91 Å². The van der Waals surface area contributed by atoms with E-state index in [1.54, 1.807) is 0 Å². The largest absolute Gasteiger partial charge is 0.326 e. The van der Waals surface area contributed by atoms with Gasteiger partial charge in [-0.2, -0.15) is 0 Å². The molecular weight excluding hydrogens is 417 g/mol. The molecule has 0 bridgehead atoms. The van der Waals surface area contributed by atoms with Gasteiger partial charge in [-0.1, -0.05) is 46.3 Å². The Labute approximate surface area is 134 Å². The van der Waals surface area contributed by atoms with Crippen molar-refractivity contribution in [3.8, 4) is 0 Å². The number of aryl methyl sites for hydroxylation is 1. The van der Waals surface area contributed by atoms with Gasteiger partial charge in [0.25, 0.3) is 0 Å². The molecule has 4 heteroatoms. The number of hydrogen-bond donors (Lipinski definition) is 1. The standard InChI is InChI=1S/C15H13BrINO/c16-12-8-13(17)10-14(9-12)18-15(19)7-6-11-4-2-1-3-5-11/h1-5,8-10H,6-7H2,(H,18,19). The van der Waals surface area contributed by atoms with Crippen LogP contribution in [0.25, 0.3) is 0 Å². The predicted octanol–water partition coefficient (Wildman–Crippen LogP) is 4.63. The number of carbonyl (C=O) groups excluding carboxylic acids is 1. The lowest BCUT2D eigenvalue weighted by Crippen LogP contribution is -2.12. The highest BCUT2D eigenvalue weighted by Gasteiger charge is 2.04. The summed E-state index contributed by atoms with van der Waals surface area (Å²) < 4.78 is 2.06. The molecule has 98 valence electrons. The van der Waals surface area contributed by atoms with E-state index in [0.717, 1.165) is 20.2 Å². The third-order valence-corrected chi connectivity index (χ3v) is 3.71. The first-order valence-corrected chi connectivity index (χ1v) is 7.80. The topological polar surface area (TPSA) is 29.1 Å². The Kier molecular flexibility index (Phi) is 5.39.